The number of nitrogens with zero attached hydrogens (tertiary/aromatic N) is 5. The van der Waals surface area contributed by atoms with Crippen LogP contribution in [0.1, 0.15) is 27.2 Å². The van der Waals surface area contributed by atoms with Gasteiger partial charge in [0.2, 0.25) is 0 Å². The van der Waals surface area contributed by atoms with Crippen molar-refractivity contribution in [1.82, 2.24) is 30.2 Å². The highest BCUT2D eigenvalue weighted by Crippen LogP contribution is 2.21. The number of hydrogen-bond donors (Lipinski definition) is 1. The zero-order valence-corrected chi connectivity index (χ0v) is 16.7. The van der Waals surface area contributed by atoms with Gasteiger partial charge in [0.15, 0.2) is 0 Å². The summed E-state index contributed by atoms with van der Waals surface area (Å²) in [5, 5.41) is 2.91. The largest absolute Gasteiger partial charge is 0.348 e. The van der Waals surface area contributed by atoms with Gasteiger partial charge in [-0.15, -0.1) is 0 Å². The third kappa shape index (κ3) is 4.35. The molecule has 1 N–H and O–H groups in total. The van der Waals surface area contributed by atoms with E-state index in [2.05, 4.69) is 30.2 Å². The van der Waals surface area contributed by atoms with Crippen molar-refractivity contribution >= 4 is 5.91 Å². The van der Waals surface area contributed by atoms with Crippen LogP contribution in [0.25, 0.3) is 22.6 Å². The number of pyridine rings is 3. The summed E-state index contributed by atoms with van der Waals surface area (Å²) in [5.41, 5.74) is 6.68. The molecule has 0 atom stereocenters. The molecule has 148 valence electrons. The Hall–Kier alpha value is -4.00. The lowest BCUT2D eigenvalue weighted by molar-refractivity contribution is 0.0950. The smallest absolute Gasteiger partial charge is 0.253 e. The van der Waals surface area contributed by atoms with E-state index in [0.717, 1.165) is 28.1 Å². The summed E-state index contributed by atoms with van der Waals surface area (Å²) in [5.74, 6) is -0.195. The van der Waals surface area contributed by atoms with Crippen molar-refractivity contribution in [3.63, 3.8) is 0 Å². The van der Waals surface area contributed by atoms with E-state index in [0.29, 0.717) is 23.5 Å². The average molecular weight is 396 g/mol. The summed E-state index contributed by atoms with van der Waals surface area (Å²) < 4.78 is 0. The fourth-order valence-corrected chi connectivity index (χ4v) is 3.12. The number of carbonyl (C=O) groups excluding carboxylic acids is 1. The van der Waals surface area contributed by atoms with E-state index in [-0.39, 0.29) is 5.91 Å². The molecule has 0 saturated heterocycles. The lowest BCUT2D eigenvalue weighted by Gasteiger charge is -2.10. The van der Waals surface area contributed by atoms with Crippen molar-refractivity contribution in [3.05, 3.63) is 89.9 Å². The van der Waals surface area contributed by atoms with Crippen LogP contribution in [-0.2, 0) is 6.54 Å². The van der Waals surface area contributed by atoms with Gasteiger partial charge in [-0.1, -0.05) is 6.07 Å². The Morgan fingerprint density at radius 1 is 0.867 bits per heavy atom. The number of carbonyl (C=O) groups is 1. The van der Waals surface area contributed by atoms with Crippen molar-refractivity contribution in [3.8, 4) is 22.6 Å². The van der Waals surface area contributed by atoms with Gasteiger partial charge in [-0.25, -0.2) is 0 Å². The van der Waals surface area contributed by atoms with Gasteiger partial charge in [0.1, 0.15) is 5.69 Å². The molecule has 4 aromatic rings. The van der Waals surface area contributed by atoms with E-state index in [4.69, 9.17) is 0 Å². The van der Waals surface area contributed by atoms with Crippen LogP contribution in [0.3, 0.4) is 0 Å². The minimum absolute atomic E-state index is 0.195. The Balaban J connectivity index is 1.42. The molecule has 0 aromatic carbocycles. The van der Waals surface area contributed by atoms with E-state index in [1.807, 2.05) is 32.0 Å². The molecule has 0 fully saturated rings. The molecule has 0 radical (unpaired) electrons. The summed E-state index contributed by atoms with van der Waals surface area (Å²) in [7, 11) is 0. The number of aromatic nitrogens is 5. The molecule has 0 aliphatic rings. The van der Waals surface area contributed by atoms with Crippen LogP contribution in [-0.4, -0.2) is 30.8 Å². The minimum Gasteiger partial charge on any atom is -0.348 e. The van der Waals surface area contributed by atoms with Gasteiger partial charge in [-0.2, -0.15) is 0 Å². The number of amides is 1. The maximum Gasteiger partial charge on any atom is 0.253 e. The lowest BCUT2D eigenvalue weighted by Crippen LogP contribution is -2.23. The molecule has 0 aliphatic carbocycles. The quantitative estimate of drug-likeness (QED) is 0.555. The molecule has 0 saturated carbocycles. The van der Waals surface area contributed by atoms with Gasteiger partial charge < -0.3 is 5.32 Å². The maximum atomic E-state index is 12.5. The van der Waals surface area contributed by atoms with Crippen LogP contribution in [0.2, 0.25) is 0 Å². The molecule has 30 heavy (non-hydrogen) atoms. The van der Waals surface area contributed by atoms with E-state index in [1.165, 1.54) is 6.20 Å². The Kier molecular flexibility index (Phi) is 5.52. The van der Waals surface area contributed by atoms with Crippen LogP contribution >= 0.6 is 0 Å². The molecule has 7 nitrogen and oxygen atoms in total. The molecule has 7 heteroatoms. The average Bonchev–Trinajstić information content (AvgIpc) is 2.78. The zero-order chi connectivity index (χ0) is 20.9. The third-order valence-corrected chi connectivity index (χ3v) is 4.61. The summed E-state index contributed by atoms with van der Waals surface area (Å²) in [6, 6.07) is 9.48. The van der Waals surface area contributed by atoms with Crippen LogP contribution in [0.5, 0.6) is 0 Å². The Morgan fingerprint density at radius 2 is 1.77 bits per heavy atom. The predicted octanol–water partition coefficient (Wildman–Crippen LogP) is 3.54. The summed E-state index contributed by atoms with van der Waals surface area (Å²) in [6.45, 7) is 4.35. The molecule has 4 rings (SSSR count). The standard InChI is InChI=1S/C23H20N6O/c1-15-9-17(11-28-22(15)18-5-6-25-16(2)10-18)12-29-23(30)19-3-4-20(27-13-19)21-14-24-7-8-26-21/h3-11,13-14H,12H2,1-2H3,(H,29,30). The monoisotopic (exact) mass is 396 g/mol. The van der Waals surface area contributed by atoms with Crippen molar-refractivity contribution in [1.29, 1.82) is 0 Å². The summed E-state index contributed by atoms with van der Waals surface area (Å²) in [6.07, 6.45) is 9.95. The Labute approximate surface area is 174 Å². The summed E-state index contributed by atoms with van der Waals surface area (Å²) >= 11 is 0. The SMILES string of the molecule is Cc1cc(-c2ncc(CNC(=O)c3ccc(-c4cnccn4)nc3)cc2C)ccn1. The van der Waals surface area contributed by atoms with Gasteiger partial charge in [-0.3, -0.25) is 29.7 Å². The maximum absolute atomic E-state index is 12.5. The van der Waals surface area contributed by atoms with E-state index < -0.39 is 0 Å². The molecule has 0 spiro atoms. The fourth-order valence-electron chi connectivity index (χ4n) is 3.12. The van der Waals surface area contributed by atoms with E-state index >= 15 is 0 Å². The van der Waals surface area contributed by atoms with Gasteiger partial charge in [-0.05, 0) is 49.2 Å². The molecule has 1 amide bonds. The minimum atomic E-state index is -0.195. The van der Waals surface area contributed by atoms with Gasteiger partial charge in [0.05, 0.1) is 23.1 Å². The van der Waals surface area contributed by atoms with E-state index in [9.17, 15) is 4.79 Å². The van der Waals surface area contributed by atoms with E-state index in [1.54, 1.807) is 43.1 Å². The number of aryl methyl sites for hydroxylation is 2. The molecule has 0 aliphatic heterocycles. The van der Waals surface area contributed by atoms with Gasteiger partial charge in [0, 0.05) is 48.8 Å². The second-order valence-electron chi connectivity index (χ2n) is 6.90. The zero-order valence-electron chi connectivity index (χ0n) is 16.7. The number of hydrogen-bond acceptors (Lipinski definition) is 6. The van der Waals surface area contributed by atoms with Gasteiger partial charge >= 0.3 is 0 Å². The van der Waals surface area contributed by atoms with Gasteiger partial charge in [0.25, 0.3) is 5.91 Å². The highest BCUT2D eigenvalue weighted by molar-refractivity contribution is 5.94. The number of rotatable bonds is 5. The van der Waals surface area contributed by atoms with Crippen LogP contribution in [0.4, 0.5) is 0 Å². The van der Waals surface area contributed by atoms with Crippen molar-refractivity contribution in [2.75, 3.05) is 0 Å². The Morgan fingerprint density at radius 3 is 2.47 bits per heavy atom. The van der Waals surface area contributed by atoms with Crippen molar-refractivity contribution < 1.29 is 4.79 Å². The molecular weight excluding hydrogens is 376 g/mol. The highest BCUT2D eigenvalue weighted by Gasteiger charge is 2.09. The van der Waals surface area contributed by atoms with Crippen LogP contribution in [0.15, 0.2) is 67.5 Å². The number of nitrogens with one attached hydrogen (secondary N) is 1. The lowest BCUT2D eigenvalue weighted by atomic mass is 10.1. The second-order valence-corrected chi connectivity index (χ2v) is 6.90. The predicted molar refractivity (Wildman–Crippen MR) is 113 cm³/mol. The van der Waals surface area contributed by atoms with Crippen molar-refractivity contribution in [2.45, 2.75) is 20.4 Å². The molecule has 0 unspecified atom stereocenters. The first-order valence-corrected chi connectivity index (χ1v) is 9.49. The molecular formula is C23H20N6O. The first-order chi connectivity index (χ1) is 14.6. The van der Waals surface area contributed by atoms with Crippen LogP contribution in [0, 0.1) is 13.8 Å². The molecule has 4 aromatic heterocycles. The first-order valence-electron chi connectivity index (χ1n) is 9.49. The molecule has 4 heterocycles. The van der Waals surface area contributed by atoms with Crippen molar-refractivity contribution in [2.24, 2.45) is 0 Å². The van der Waals surface area contributed by atoms with Crippen LogP contribution < -0.4 is 5.32 Å². The molecule has 0 bridgehead atoms. The Bertz CT molecular complexity index is 1180. The third-order valence-electron chi connectivity index (χ3n) is 4.61. The first kappa shape index (κ1) is 19.3. The fraction of sp³-hybridized carbons (Fsp3) is 0.130. The second kappa shape index (κ2) is 8.57. The normalized spacial score (nSPS) is 10.6. The topological polar surface area (TPSA) is 93.6 Å². The summed E-state index contributed by atoms with van der Waals surface area (Å²) in [4.78, 5) is 33.8. The highest BCUT2D eigenvalue weighted by atomic mass is 16.1.